The van der Waals surface area contributed by atoms with Crippen LogP contribution in [0, 0.1) is 11.3 Å². The zero-order valence-corrected chi connectivity index (χ0v) is 8.40. The maximum absolute atomic E-state index is 8.86. The third kappa shape index (κ3) is 2.48. The summed E-state index contributed by atoms with van der Waals surface area (Å²) < 4.78 is 0. The third-order valence-corrected chi connectivity index (χ3v) is 2.66. The minimum atomic E-state index is 0.492. The number of thioether (sulfide) groups is 1. The van der Waals surface area contributed by atoms with Gasteiger partial charge in [-0.2, -0.15) is 5.26 Å². The van der Waals surface area contributed by atoms with Crippen LogP contribution in [0.4, 0.5) is 0 Å². The highest BCUT2D eigenvalue weighted by molar-refractivity contribution is 7.99. The second kappa shape index (κ2) is 4.90. The third-order valence-electron chi connectivity index (χ3n) is 1.70. The second-order valence-corrected chi connectivity index (χ2v) is 3.89. The summed E-state index contributed by atoms with van der Waals surface area (Å²) in [4.78, 5) is 1.04. The van der Waals surface area contributed by atoms with Gasteiger partial charge in [0.2, 0.25) is 0 Å². The van der Waals surface area contributed by atoms with Gasteiger partial charge in [0.15, 0.2) is 0 Å². The van der Waals surface area contributed by atoms with E-state index in [4.69, 9.17) is 11.0 Å². The van der Waals surface area contributed by atoms with E-state index >= 15 is 0 Å². The standard InChI is InChI=1S/C10H12N2S/c1-2-13-10-4-3-8(6-11)5-9(10)7-12/h3-5H,2,6,11H2,1H3. The van der Waals surface area contributed by atoms with Crippen LogP contribution in [-0.2, 0) is 6.54 Å². The Morgan fingerprint density at radius 2 is 2.31 bits per heavy atom. The van der Waals surface area contributed by atoms with E-state index in [1.54, 1.807) is 11.8 Å². The molecule has 2 nitrogen and oxygen atoms in total. The van der Waals surface area contributed by atoms with Crippen molar-refractivity contribution >= 4 is 11.8 Å². The fourth-order valence-corrected chi connectivity index (χ4v) is 1.81. The summed E-state index contributed by atoms with van der Waals surface area (Å²) in [5.74, 6) is 0.983. The van der Waals surface area contributed by atoms with Gasteiger partial charge in [-0.1, -0.05) is 13.0 Å². The molecule has 0 saturated carbocycles. The molecule has 0 aliphatic carbocycles. The molecule has 0 amide bonds. The highest BCUT2D eigenvalue weighted by atomic mass is 32.2. The second-order valence-electron chi connectivity index (χ2n) is 2.58. The van der Waals surface area contributed by atoms with Gasteiger partial charge >= 0.3 is 0 Å². The molecule has 3 heteroatoms. The van der Waals surface area contributed by atoms with Crippen molar-refractivity contribution in [3.05, 3.63) is 29.3 Å². The summed E-state index contributed by atoms with van der Waals surface area (Å²) in [6.07, 6.45) is 0. The van der Waals surface area contributed by atoms with E-state index in [-0.39, 0.29) is 0 Å². The lowest BCUT2D eigenvalue weighted by atomic mass is 10.1. The highest BCUT2D eigenvalue weighted by Gasteiger charge is 2.01. The number of nitriles is 1. The van der Waals surface area contributed by atoms with E-state index in [1.165, 1.54) is 0 Å². The van der Waals surface area contributed by atoms with Gasteiger partial charge in [-0.15, -0.1) is 11.8 Å². The molecular formula is C10H12N2S. The van der Waals surface area contributed by atoms with E-state index in [0.29, 0.717) is 6.54 Å². The summed E-state index contributed by atoms with van der Waals surface area (Å²) in [6, 6.07) is 7.98. The zero-order chi connectivity index (χ0) is 9.68. The number of nitrogens with two attached hydrogens (primary N) is 1. The normalized spacial score (nSPS) is 9.62. The number of nitrogens with zero attached hydrogens (tertiary/aromatic N) is 1. The van der Waals surface area contributed by atoms with Gasteiger partial charge in [-0.3, -0.25) is 0 Å². The summed E-state index contributed by atoms with van der Waals surface area (Å²) in [6.45, 7) is 2.56. The summed E-state index contributed by atoms with van der Waals surface area (Å²) in [5.41, 5.74) is 7.22. The monoisotopic (exact) mass is 192 g/mol. The molecular weight excluding hydrogens is 180 g/mol. The lowest BCUT2D eigenvalue weighted by molar-refractivity contribution is 1.06. The van der Waals surface area contributed by atoms with Gasteiger partial charge in [0.25, 0.3) is 0 Å². The molecule has 1 rings (SSSR count). The topological polar surface area (TPSA) is 49.8 Å². The molecule has 0 atom stereocenters. The largest absolute Gasteiger partial charge is 0.326 e. The Hall–Kier alpha value is -0.980. The minimum Gasteiger partial charge on any atom is -0.326 e. The van der Waals surface area contributed by atoms with Crippen LogP contribution < -0.4 is 5.73 Å². The molecule has 2 N–H and O–H groups in total. The molecule has 13 heavy (non-hydrogen) atoms. The van der Waals surface area contributed by atoms with Crippen molar-refractivity contribution in [2.24, 2.45) is 5.73 Å². The van der Waals surface area contributed by atoms with Crippen molar-refractivity contribution < 1.29 is 0 Å². The Labute approximate surface area is 82.7 Å². The summed E-state index contributed by atoms with van der Waals surface area (Å²) >= 11 is 1.68. The molecule has 0 heterocycles. The Balaban J connectivity index is 3.02. The van der Waals surface area contributed by atoms with Crippen molar-refractivity contribution in [1.29, 1.82) is 5.26 Å². The van der Waals surface area contributed by atoms with Crippen molar-refractivity contribution in [1.82, 2.24) is 0 Å². The van der Waals surface area contributed by atoms with Gasteiger partial charge in [-0.25, -0.2) is 0 Å². The van der Waals surface area contributed by atoms with Crippen LogP contribution in [0.1, 0.15) is 18.1 Å². The maximum atomic E-state index is 8.86. The molecule has 0 aliphatic rings. The SMILES string of the molecule is CCSc1ccc(CN)cc1C#N. The molecule has 1 aromatic rings. The molecule has 0 saturated heterocycles. The molecule has 0 unspecified atom stereocenters. The molecule has 0 spiro atoms. The van der Waals surface area contributed by atoms with Crippen LogP contribution in [0.3, 0.4) is 0 Å². The average Bonchev–Trinajstić information content (AvgIpc) is 2.19. The van der Waals surface area contributed by atoms with Gasteiger partial charge in [0, 0.05) is 11.4 Å². The number of hydrogen-bond donors (Lipinski definition) is 1. The highest BCUT2D eigenvalue weighted by Crippen LogP contribution is 2.22. The fraction of sp³-hybridized carbons (Fsp3) is 0.300. The van der Waals surface area contributed by atoms with Crippen molar-refractivity contribution in [2.75, 3.05) is 5.75 Å². The lowest BCUT2D eigenvalue weighted by Gasteiger charge is -2.03. The Bertz CT molecular complexity index is 328. The van der Waals surface area contributed by atoms with Crippen LogP contribution in [0.15, 0.2) is 23.1 Å². The molecule has 0 aliphatic heterocycles. The van der Waals surface area contributed by atoms with Crippen molar-refractivity contribution in [2.45, 2.75) is 18.4 Å². The molecule has 0 aromatic heterocycles. The molecule has 0 radical (unpaired) electrons. The number of hydrogen-bond acceptors (Lipinski definition) is 3. The molecule has 0 fully saturated rings. The van der Waals surface area contributed by atoms with Gasteiger partial charge < -0.3 is 5.73 Å². The predicted molar refractivity (Wildman–Crippen MR) is 55.4 cm³/mol. The van der Waals surface area contributed by atoms with Crippen LogP contribution in [-0.4, -0.2) is 5.75 Å². The predicted octanol–water partition coefficient (Wildman–Crippen LogP) is 2.13. The molecule has 0 bridgehead atoms. The Morgan fingerprint density at radius 3 is 2.85 bits per heavy atom. The smallest absolute Gasteiger partial charge is 0.100 e. The van der Waals surface area contributed by atoms with E-state index in [2.05, 4.69) is 13.0 Å². The first-order valence-electron chi connectivity index (χ1n) is 4.17. The Morgan fingerprint density at radius 1 is 1.54 bits per heavy atom. The van der Waals surface area contributed by atoms with E-state index in [9.17, 15) is 0 Å². The summed E-state index contributed by atoms with van der Waals surface area (Å²) in [5, 5.41) is 8.86. The number of benzene rings is 1. The van der Waals surface area contributed by atoms with Gasteiger partial charge in [-0.05, 0) is 23.4 Å². The lowest BCUT2D eigenvalue weighted by Crippen LogP contribution is -1.96. The van der Waals surface area contributed by atoms with E-state index in [1.807, 2.05) is 18.2 Å². The van der Waals surface area contributed by atoms with E-state index < -0.39 is 0 Å². The quantitative estimate of drug-likeness (QED) is 0.746. The number of rotatable bonds is 3. The van der Waals surface area contributed by atoms with Crippen molar-refractivity contribution in [3.8, 4) is 6.07 Å². The Kier molecular flexibility index (Phi) is 3.81. The van der Waals surface area contributed by atoms with Crippen molar-refractivity contribution in [3.63, 3.8) is 0 Å². The van der Waals surface area contributed by atoms with Gasteiger partial charge in [0.05, 0.1) is 5.56 Å². The first-order valence-corrected chi connectivity index (χ1v) is 5.16. The van der Waals surface area contributed by atoms with Crippen LogP contribution in [0.5, 0.6) is 0 Å². The first-order chi connectivity index (χ1) is 6.31. The van der Waals surface area contributed by atoms with E-state index in [0.717, 1.165) is 21.8 Å². The van der Waals surface area contributed by atoms with Crippen LogP contribution >= 0.6 is 11.8 Å². The van der Waals surface area contributed by atoms with Crippen LogP contribution in [0.2, 0.25) is 0 Å². The molecule has 1 aromatic carbocycles. The fourth-order valence-electron chi connectivity index (χ4n) is 1.07. The maximum Gasteiger partial charge on any atom is 0.100 e. The zero-order valence-electron chi connectivity index (χ0n) is 7.58. The average molecular weight is 192 g/mol. The molecule has 68 valence electrons. The minimum absolute atomic E-state index is 0.492. The van der Waals surface area contributed by atoms with Crippen LogP contribution in [0.25, 0.3) is 0 Å². The first kappa shape index (κ1) is 10.1. The van der Waals surface area contributed by atoms with Gasteiger partial charge in [0.1, 0.15) is 6.07 Å². The summed E-state index contributed by atoms with van der Waals surface area (Å²) in [7, 11) is 0.